The number of rotatable bonds is 3. The smallest absolute Gasteiger partial charge is 0.154 e. The van der Waals surface area contributed by atoms with Gasteiger partial charge < -0.3 is 16.4 Å². The molecule has 1 aliphatic rings. The van der Waals surface area contributed by atoms with Gasteiger partial charge >= 0.3 is 0 Å². The quantitative estimate of drug-likeness (QED) is 0.812. The molecule has 1 fully saturated rings. The van der Waals surface area contributed by atoms with E-state index in [0.717, 1.165) is 42.7 Å². The van der Waals surface area contributed by atoms with Crippen molar-refractivity contribution in [3.05, 3.63) is 35.5 Å². The second kappa shape index (κ2) is 6.28. The van der Waals surface area contributed by atoms with Crippen molar-refractivity contribution in [1.29, 1.82) is 0 Å². The fraction of sp³-hybridized carbons (Fsp3) is 0.333. The summed E-state index contributed by atoms with van der Waals surface area (Å²) in [6.45, 7) is 2.15. The van der Waals surface area contributed by atoms with Crippen LogP contribution in [-0.4, -0.2) is 29.3 Å². The number of aromatic nitrogens is 2. The van der Waals surface area contributed by atoms with Gasteiger partial charge in [0.1, 0.15) is 0 Å². The molecular weight excluding hydrogens is 286 g/mol. The number of nitrogen functional groups attached to an aromatic ring is 1. The van der Waals surface area contributed by atoms with Crippen molar-refractivity contribution < 1.29 is 0 Å². The lowest BCUT2D eigenvalue weighted by atomic mass is 10.0. The van der Waals surface area contributed by atoms with Gasteiger partial charge in [0.15, 0.2) is 11.0 Å². The summed E-state index contributed by atoms with van der Waals surface area (Å²) >= 11 is 5.88. The Kier molecular flexibility index (Phi) is 4.22. The first-order valence-electron chi connectivity index (χ1n) is 7.09. The van der Waals surface area contributed by atoms with Gasteiger partial charge in [-0.3, -0.25) is 0 Å². The molecule has 0 atom stereocenters. The van der Waals surface area contributed by atoms with Crippen LogP contribution in [0.1, 0.15) is 12.8 Å². The van der Waals surface area contributed by atoms with Crippen molar-refractivity contribution in [1.82, 2.24) is 15.5 Å². The summed E-state index contributed by atoms with van der Waals surface area (Å²) < 4.78 is 0. The minimum absolute atomic E-state index is 0.344. The van der Waals surface area contributed by atoms with Crippen molar-refractivity contribution in [2.75, 3.05) is 24.1 Å². The van der Waals surface area contributed by atoms with Gasteiger partial charge in [-0.05, 0) is 49.7 Å². The van der Waals surface area contributed by atoms with Gasteiger partial charge in [0.05, 0.1) is 0 Å². The highest BCUT2D eigenvalue weighted by Gasteiger charge is 2.12. The Morgan fingerprint density at radius 2 is 1.86 bits per heavy atom. The molecule has 3 rings (SSSR count). The van der Waals surface area contributed by atoms with Crippen molar-refractivity contribution in [2.24, 2.45) is 0 Å². The summed E-state index contributed by atoms with van der Waals surface area (Å²) in [5.74, 6) is 0.387. The van der Waals surface area contributed by atoms with Crippen LogP contribution in [-0.2, 0) is 0 Å². The van der Waals surface area contributed by atoms with E-state index < -0.39 is 0 Å². The molecule has 0 bridgehead atoms. The average Bonchev–Trinajstić information content (AvgIpc) is 2.52. The number of piperidine rings is 1. The maximum Gasteiger partial charge on any atom is 0.154 e. The van der Waals surface area contributed by atoms with Gasteiger partial charge in [0.25, 0.3) is 0 Å². The van der Waals surface area contributed by atoms with Crippen molar-refractivity contribution in [2.45, 2.75) is 18.9 Å². The summed E-state index contributed by atoms with van der Waals surface area (Å²) in [5.41, 5.74) is 8.77. The molecule has 0 radical (unpaired) electrons. The Morgan fingerprint density at radius 3 is 2.57 bits per heavy atom. The van der Waals surface area contributed by atoms with Crippen LogP contribution in [0.5, 0.6) is 0 Å². The molecule has 0 amide bonds. The van der Waals surface area contributed by atoms with E-state index >= 15 is 0 Å². The van der Waals surface area contributed by atoms with Gasteiger partial charge in [0, 0.05) is 17.3 Å². The van der Waals surface area contributed by atoms with Gasteiger partial charge in [-0.2, -0.15) is 0 Å². The fourth-order valence-electron chi connectivity index (χ4n) is 2.56. The second-order valence-electron chi connectivity index (χ2n) is 5.21. The fourth-order valence-corrected chi connectivity index (χ4v) is 2.70. The zero-order chi connectivity index (χ0) is 14.7. The number of anilines is 2. The van der Waals surface area contributed by atoms with Crippen LogP contribution in [0, 0.1) is 0 Å². The number of halogens is 1. The SMILES string of the molecule is Nc1nnc(Cl)cc1-c1ccc(NC2CCNCC2)cc1. The number of nitrogens with two attached hydrogens (primary N) is 1. The Hall–Kier alpha value is -1.85. The predicted octanol–water partition coefficient (Wildman–Crippen LogP) is 2.54. The third kappa shape index (κ3) is 3.43. The Balaban J connectivity index is 1.75. The minimum Gasteiger partial charge on any atom is -0.382 e. The molecule has 0 unspecified atom stereocenters. The van der Waals surface area contributed by atoms with Crippen LogP contribution < -0.4 is 16.4 Å². The Labute approximate surface area is 128 Å². The predicted molar refractivity (Wildman–Crippen MR) is 86.4 cm³/mol. The van der Waals surface area contributed by atoms with Crippen molar-refractivity contribution in [3.8, 4) is 11.1 Å². The topological polar surface area (TPSA) is 75.9 Å². The van der Waals surface area contributed by atoms with Crippen molar-refractivity contribution in [3.63, 3.8) is 0 Å². The van der Waals surface area contributed by atoms with E-state index in [1.807, 2.05) is 12.1 Å². The van der Waals surface area contributed by atoms with Crippen LogP contribution in [0.3, 0.4) is 0 Å². The highest BCUT2D eigenvalue weighted by Crippen LogP contribution is 2.27. The van der Waals surface area contributed by atoms with Gasteiger partial charge in [-0.1, -0.05) is 23.7 Å². The number of nitrogens with zero attached hydrogens (tertiary/aromatic N) is 2. The zero-order valence-electron chi connectivity index (χ0n) is 11.6. The average molecular weight is 304 g/mol. The first-order valence-corrected chi connectivity index (χ1v) is 7.46. The third-order valence-corrected chi connectivity index (χ3v) is 3.88. The van der Waals surface area contributed by atoms with E-state index in [1.165, 1.54) is 0 Å². The molecule has 1 aromatic heterocycles. The first-order chi connectivity index (χ1) is 10.2. The molecule has 1 aromatic carbocycles. The lowest BCUT2D eigenvalue weighted by Crippen LogP contribution is -2.35. The van der Waals surface area contributed by atoms with Crippen LogP contribution in [0.25, 0.3) is 11.1 Å². The van der Waals surface area contributed by atoms with E-state index in [1.54, 1.807) is 6.07 Å². The third-order valence-electron chi connectivity index (χ3n) is 3.70. The van der Waals surface area contributed by atoms with E-state index in [9.17, 15) is 0 Å². The molecule has 2 heterocycles. The maximum absolute atomic E-state index is 5.88. The highest BCUT2D eigenvalue weighted by atomic mass is 35.5. The molecule has 4 N–H and O–H groups in total. The molecule has 5 nitrogen and oxygen atoms in total. The molecule has 0 spiro atoms. The largest absolute Gasteiger partial charge is 0.382 e. The first kappa shape index (κ1) is 14.1. The number of hydrogen-bond acceptors (Lipinski definition) is 5. The summed E-state index contributed by atoms with van der Waals surface area (Å²) in [6, 6.07) is 10.4. The Morgan fingerprint density at radius 1 is 1.14 bits per heavy atom. The van der Waals surface area contributed by atoms with Crippen LogP contribution in [0.2, 0.25) is 5.15 Å². The molecule has 0 aliphatic carbocycles. The standard InChI is InChI=1S/C15H18ClN5/c16-14-9-13(15(17)21-20-14)10-1-3-11(4-2-10)19-12-5-7-18-8-6-12/h1-4,9,12,18-19H,5-8H2,(H2,17,21). The van der Waals surface area contributed by atoms with Gasteiger partial charge in [0.2, 0.25) is 0 Å². The van der Waals surface area contributed by atoms with E-state index in [0.29, 0.717) is 17.0 Å². The van der Waals surface area contributed by atoms with Crippen LogP contribution in [0.15, 0.2) is 30.3 Å². The number of hydrogen-bond donors (Lipinski definition) is 3. The summed E-state index contributed by atoms with van der Waals surface area (Å²) in [4.78, 5) is 0. The number of benzene rings is 1. The summed E-state index contributed by atoms with van der Waals surface area (Å²) in [5, 5.41) is 14.8. The zero-order valence-corrected chi connectivity index (χ0v) is 12.4. The van der Waals surface area contributed by atoms with Gasteiger partial charge in [-0.25, -0.2) is 0 Å². The van der Waals surface area contributed by atoms with Gasteiger partial charge in [-0.15, -0.1) is 10.2 Å². The lowest BCUT2D eigenvalue weighted by Gasteiger charge is -2.24. The van der Waals surface area contributed by atoms with E-state index in [4.69, 9.17) is 17.3 Å². The summed E-state index contributed by atoms with van der Waals surface area (Å²) in [6.07, 6.45) is 2.30. The van der Waals surface area contributed by atoms with E-state index in [-0.39, 0.29) is 0 Å². The molecule has 2 aromatic rings. The molecule has 21 heavy (non-hydrogen) atoms. The molecule has 1 saturated heterocycles. The molecule has 110 valence electrons. The minimum atomic E-state index is 0.344. The van der Waals surface area contributed by atoms with Crippen molar-refractivity contribution >= 4 is 23.1 Å². The van der Waals surface area contributed by atoms with Crippen LogP contribution in [0.4, 0.5) is 11.5 Å². The monoisotopic (exact) mass is 303 g/mol. The molecule has 6 heteroatoms. The maximum atomic E-state index is 5.88. The second-order valence-corrected chi connectivity index (χ2v) is 5.60. The molecular formula is C15H18ClN5. The highest BCUT2D eigenvalue weighted by molar-refractivity contribution is 6.29. The Bertz CT molecular complexity index is 608. The van der Waals surface area contributed by atoms with Crippen LogP contribution >= 0.6 is 11.6 Å². The molecule has 1 aliphatic heterocycles. The number of nitrogens with one attached hydrogen (secondary N) is 2. The molecule has 0 saturated carbocycles. The van der Waals surface area contributed by atoms with E-state index in [2.05, 4.69) is 33.0 Å². The lowest BCUT2D eigenvalue weighted by molar-refractivity contribution is 0.479. The summed E-state index contributed by atoms with van der Waals surface area (Å²) in [7, 11) is 0. The normalized spacial score (nSPS) is 15.9.